The molecule has 0 saturated carbocycles. The molecule has 1 N–H and O–H groups in total. The molecule has 0 aromatic heterocycles. The fraction of sp³-hybridized carbons (Fsp3) is 0.294. The van der Waals surface area contributed by atoms with Crippen LogP contribution < -0.4 is 10.1 Å². The summed E-state index contributed by atoms with van der Waals surface area (Å²) in [5.41, 5.74) is 3.24. The van der Waals surface area contributed by atoms with E-state index in [1.165, 1.54) is 0 Å². The summed E-state index contributed by atoms with van der Waals surface area (Å²) in [6.07, 6.45) is 0. The number of halogens is 1. The lowest BCUT2D eigenvalue weighted by atomic mass is 10.1. The van der Waals surface area contributed by atoms with E-state index >= 15 is 0 Å². The van der Waals surface area contributed by atoms with Crippen molar-refractivity contribution in [2.75, 3.05) is 11.9 Å². The molecule has 0 saturated heterocycles. The second-order valence-electron chi connectivity index (χ2n) is 4.80. The van der Waals surface area contributed by atoms with Crippen LogP contribution in [0.1, 0.15) is 31.0 Å². The highest BCUT2D eigenvalue weighted by Gasteiger charge is 2.11. The zero-order valence-corrected chi connectivity index (χ0v) is 12.9. The molecule has 1 atom stereocenters. The lowest BCUT2D eigenvalue weighted by Crippen LogP contribution is -2.09. The first-order chi connectivity index (χ1) is 9.61. The molecule has 0 radical (unpaired) electrons. The van der Waals surface area contributed by atoms with Gasteiger partial charge in [0.25, 0.3) is 0 Å². The largest absolute Gasteiger partial charge is 0.494 e. The number of para-hydroxylation sites is 1. The van der Waals surface area contributed by atoms with Crippen LogP contribution in [0.2, 0.25) is 5.02 Å². The van der Waals surface area contributed by atoms with Gasteiger partial charge in [-0.15, -0.1) is 0 Å². The van der Waals surface area contributed by atoms with Gasteiger partial charge in [-0.2, -0.15) is 0 Å². The molecule has 106 valence electrons. The van der Waals surface area contributed by atoms with Gasteiger partial charge in [-0.1, -0.05) is 35.9 Å². The van der Waals surface area contributed by atoms with Crippen molar-refractivity contribution >= 4 is 17.3 Å². The Balaban J connectivity index is 2.19. The molecular formula is C17H20ClNO. The molecule has 3 heteroatoms. The Kier molecular flexibility index (Phi) is 4.91. The van der Waals surface area contributed by atoms with Crippen LogP contribution in [0.5, 0.6) is 5.75 Å². The smallest absolute Gasteiger partial charge is 0.124 e. The molecule has 2 aromatic rings. The first kappa shape index (κ1) is 14.7. The Morgan fingerprint density at radius 3 is 2.65 bits per heavy atom. The fourth-order valence-corrected chi connectivity index (χ4v) is 2.32. The molecule has 1 unspecified atom stereocenters. The molecule has 0 spiro atoms. The average molecular weight is 290 g/mol. The van der Waals surface area contributed by atoms with Crippen LogP contribution in [0, 0.1) is 6.92 Å². The van der Waals surface area contributed by atoms with E-state index in [1.54, 1.807) is 0 Å². The fourth-order valence-electron chi connectivity index (χ4n) is 2.14. The van der Waals surface area contributed by atoms with Crippen LogP contribution in [-0.2, 0) is 0 Å². The monoisotopic (exact) mass is 289 g/mol. The first-order valence-corrected chi connectivity index (χ1v) is 7.24. The van der Waals surface area contributed by atoms with Crippen molar-refractivity contribution in [3.63, 3.8) is 0 Å². The van der Waals surface area contributed by atoms with Gasteiger partial charge in [0.1, 0.15) is 5.75 Å². The van der Waals surface area contributed by atoms with Gasteiger partial charge in [-0.05, 0) is 44.5 Å². The Hall–Kier alpha value is -1.67. The van der Waals surface area contributed by atoms with Gasteiger partial charge in [0, 0.05) is 16.3 Å². The summed E-state index contributed by atoms with van der Waals surface area (Å²) >= 11 is 6.16. The van der Waals surface area contributed by atoms with Gasteiger partial charge in [0.05, 0.1) is 12.6 Å². The minimum absolute atomic E-state index is 0.150. The van der Waals surface area contributed by atoms with Crippen LogP contribution in [0.3, 0.4) is 0 Å². The summed E-state index contributed by atoms with van der Waals surface area (Å²) < 4.78 is 5.67. The number of anilines is 1. The van der Waals surface area contributed by atoms with Crippen molar-refractivity contribution in [3.8, 4) is 5.75 Å². The van der Waals surface area contributed by atoms with Crippen molar-refractivity contribution in [1.29, 1.82) is 0 Å². The molecule has 0 aliphatic carbocycles. The van der Waals surface area contributed by atoms with Crippen molar-refractivity contribution in [3.05, 3.63) is 58.6 Å². The number of ether oxygens (including phenoxy) is 1. The van der Waals surface area contributed by atoms with E-state index in [-0.39, 0.29) is 6.04 Å². The highest BCUT2D eigenvalue weighted by molar-refractivity contribution is 6.31. The lowest BCUT2D eigenvalue weighted by molar-refractivity contribution is 0.335. The normalized spacial score (nSPS) is 12.0. The lowest BCUT2D eigenvalue weighted by Gasteiger charge is -2.19. The third kappa shape index (κ3) is 3.45. The van der Waals surface area contributed by atoms with E-state index in [0.717, 1.165) is 27.6 Å². The van der Waals surface area contributed by atoms with E-state index < -0.39 is 0 Å². The van der Waals surface area contributed by atoms with Gasteiger partial charge in [0.15, 0.2) is 0 Å². The van der Waals surface area contributed by atoms with Crippen molar-refractivity contribution in [2.24, 2.45) is 0 Å². The zero-order chi connectivity index (χ0) is 14.5. The van der Waals surface area contributed by atoms with Gasteiger partial charge in [-0.25, -0.2) is 0 Å². The summed E-state index contributed by atoms with van der Waals surface area (Å²) in [6, 6.07) is 14.3. The molecule has 0 aliphatic rings. The van der Waals surface area contributed by atoms with Crippen molar-refractivity contribution in [1.82, 2.24) is 0 Å². The Bertz CT molecular complexity index is 583. The zero-order valence-electron chi connectivity index (χ0n) is 12.1. The highest BCUT2D eigenvalue weighted by Crippen LogP contribution is 2.29. The summed E-state index contributed by atoms with van der Waals surface area (Å²) in [5.74, 6) is 0.924. The van der Waals surface area contributed by atoms with Gasteiger partial charge in [0.2, 0.25) is 0 Å². The number of nitrogens with one attached hydrogen (secondary N) is 1. The second kappa shape index (κ2) is 6.67. The predicted octanol–water partition coefficient (Wildman–Crippen LogP) is 5.22. The van der Waals surface area contributed by atoms with Crippen molar-refractivity contribution in [2.45, 2.75) is 26.8 Å². The van der Waals surface area contributed by atoms with E-state index in [1.807, 2.05) is 50.2 Å². The standard InChI is InChI=1S/C17H20ClNO/c1-4-20-17-8-6-5-7-15(17)13(3)19-14-10-9-12(2)16(18)11-14/h5-11,13,19H,4H2,1-3H3. The molecule has 0 aliphatic heterocycles. The van der Waals surface area contributed by atoms with Crippen LogP contribution in [0.4, 0.5) is 5.69 Å². The van der Waals surface area contributed by atoms with Crippen LogP contribution >= 0.6 is 11.6 Å². The molecular weight excluding hydrogens is 270 g/mol. The first-order valence-electron chi connectivity index (χ1n) is 6.86. The summed E-state index contributed by atoms with van der Waals surface area (Å²) in [7, 11) is 0. The van der Waals surface area contributed by atoms with Crippen LogP contribution in [0.25, 0.3) is 0 Å². The van der Waals surface area contributed by atoms with Crippen LogP contribution in [0.15, 0.2) is 42.5 Å². The quantitative estimate of drug-likeness (QED) is 0.815. The van der Waals surface area contributed by atoms with E-state index in [0.29, 0.717) is 6.61 Å². The number of benzene rings is 2. The third-order valence-corrected chi connectivity index (χ3v) is 3.65. The molecule has 0 heterocycles. The molecule has 0 amide bonds. The minimum atomic E-state index is 0.150. The summed E-state index contributed by atoms with van der Waals surface area (Å²) in [4.78, 5) is 0. The SMILES string of the molecule is CCOc1ccccc1C(C)Nc1ccc(C)c(Cl)c1. The number of rotatable bonds is 5. The predicted molar refractivity (Wildman–Crippen MR) is 85.8 cm³/mol. The van der Waals surface area contributed by atoms with Gasteiger partial charge >= 0.3 is 0 Å². The second-order valence-corrected chi connectivity index (χ2v) is 5.21. The minimum Gasteiger partial charge on any atom is -0.494 e. The Labute approximate surface area is 125 Å². The molecule has 2 aromatic carbocycles. The van der Waals surface area contributed by atoms with E-state index in [9.17, 15) is 0 Å². The number of hydrogen-bond acceptors (Lipinski definition) is 2. The van der Waals surface area contributed by atoms with Crippen molar-refractivity contribution < 1.29 is 4.74 Å². The number of aryl methyl sites for hydroxylation is 1. The Morgan fingerprint density at radius 1 is 1.20 bits per heavy atom. The molecule has 2 nitrogen and oxygen atoms in total. The summed E-state index contributed by atoms with van der Waals surface area (Å²) in [6.45, 7) is 6.78. The van der Waals surface area contributed by atoms with E-state index in [2.05, 4.69) is 18.3 Å². The van der Waals surface area contributed by atoms with E-state index in [4.69, 9.17) is 16.3 Å². The van der Waals surface area contributed by atoms with Gasteiger partial charge < -0.3 is 10.1 Å². The van der Waals surface area contributed by atoms with Gasteiger partial charge in [-0.3, -0.25) is 0 Å². The molecule has 0 fully saturated rings. The summed E-state index contributed by atoms with van der Waals surface area (Å²) in [5, 5.41) is 4.24. The highest BCUT2D eigenvalue weighted by atomic mass is 35.5. The maximum absolute atomic E-state index is 6.16. The molecule has 0 bridgehead atoms. The maximum Gasteiger partial charge on any atom is 0.124 e. The average Bonchev–Trinajstić information content (AvgIpc) is 2.44. The molecule has 2 rings (SSSR count). The Morgan fingerprint density at radius 2 is 1.95 bits per heavy atom. The third-order valence-electron chi connectivity index (χ3n) is 3.24. The molecule has 20 heavy (non-hydrogen) atoms. The maximum atomic E-state index is 6.16. The number of hydrogen-bond donors (Lipinski definition) is 1. The van der Waals surface area contributed by atoms with Crippen LogP contribution in [-0.4, -0.2) is 6.61 Å². The topological polar surface area (TPSA) is 21.3 Å².